The summed E-state index contributed by atoms with van der Waals surface area (Å²) in [5.41, 5.74) is -2.16. The zero-order chi connectivity index (χ0) is 34.1. The number of sulfonamides is 1. The molecule has 1 N–H and O–H groups in total. The van der Waals surface area contributed by atoms with Gasteiger partial charge in [0.15, 0.2) is 0 Å². The highest BCUT2D eigenvalue weighted by atomic mass is 32.2. The predicted molar refractivity (Wildman–Crippen MR) is 154 cm³/mol. The number of carbonyl (C=O) groups is 2. The molecule has 0 saturated heterocycles. The van der Waals surface area contributed by atoms with Gasteiger partial charge in [0.1, 0.15) is 17.5 Å². The summed E-state index contributed by atoms with van der Waals surface area (Å²) in [6.45, 7) is 4.42. The van der Waals surface area contributed by atoms with Crippen LogP contribution in [0.1, 0.15) is 49.4 Å². The Morgan fingerprint density at radius 2 is 1.52 bits per heavy atom. The highest BCUT2D eigenvalue weighted by Crippen LogP contribution is 2.39. The number of alkyl halides is 6. The third-order valence-corrected chi connectivity index (χ3v) is 8.43. The number of rotatable bonds is 8. The van der Waals surface area contributed by atoms with Gasteiger partial charge in [0, 0.05) is 6.54 Å². The molecule has 8 nitrogen and oxygen atoms in total. The maximum atomic E-state index is 13.8. The van der Waals surface area contributed by atoms with Gasteiger partial charge in [0.05, 0.1) is 41.1 Å². The molecule has 0 radical (unpaired) electrons. The topological polar surface area (TPSA) is 102 Å². The van der Waals surface area contributed by atoms with Crippen LogP contribution in [0, 0.1) is 0 Å². The molecule has 0 spiro atoms. The van der Waals surface area contributed by atoms with E-state index < -0.39 is 74.9 Å². The molecular formula is C31H30F6N2O6S. The molecular weight excluding hydrogens is 642 g/mol. The molecule has 1 aliphatic heterocycles. The largest absolute Gasteiger partial charge is 0.486 e. The number of halogens is 6. The average Bonchev–Trinajstić information content (AvgIpc) is 2.94. The minimum atomic E-state index is -4.82. The third-order valence-electron chi connectivity index (χ3n) is 6.66. The Bertz CT molecular complexity index is 1700. The number of esters is 1. The fourth-order valence-electron chi connectivity index (χ4n) is 4.60. The monoisotopic (exact) mass is 672 g/mol. The summed E-state index contributed by atoms with van der Waals surface area (Å²) in [5.74, 6) is -1.22. The van der Waals surface area contributed by atoms with Gasteiger partial charge in [-0.25, -0.2) is 8.42 Å². The van der Waals surface area contributed by atoms with Gasteiger partial charge in [-0.3, -0.25) is 13.9 Å². The summed E-state index contributed by atoms with van der Waals surface area (Å²) in [5, 5.41) is 2.54. The van der Waals surface area contributed by atoms with Crippen LogP contribution < -0.4 is 14.4 Å². The van der Waals surface area contributed by atoms with E-state index in [-0.39, 0.29) is 24.4 Å². The zero-order valence-electron chi connectivity index (χ0n) is 24.8. The second-order valence-corrected chi connectivity index (χ2v) is 13.4. The fourth-order valence-corrected chi connectivity index (χ4v) is 6.14. The lowest BCUT2D eigenvalue weighted by atomic mass is 10.1. The molecule has 4 rings (SSSR count). The fraction of sp³-hybridized carbons (Fsp3) is 0.355. The normalized spacial score (nSPS) is 15.5. The number of ether oxygens (including phenoxy) is 2. The Morgan fingerprint density at radius 3 is 2.13 bits per heavy atom. The number of anilines is 1. The van der Waals surface area contributed by atoms with Gasteiger partial charge in [-0.15, -0.1) is 0 Å². The second-order valence-electron chi connectivity index (χ2n) is 11.5. The minimum absolute atomic E-state index is 0.00437. The van der Waals surface area contributed by atoms with Gasteiger partial charge < -0.3 is 14.8 Å². The first kappa shape index (κ1) is 34.6. The van der Waals surface area contributed by atoms with E-state index in [4.69, 9.17) is 9.47 Å². The number of hydrogen-bond donors (Lipinski definition) is 1. The molecule has 0 saturated carbocycles. The van der Waals surface area contributed by atoms with E-state index in [1.165, 1.54) is 30.3 Å². The number of fused-ring (bicyclic) bond motifs is 1. The Balaban J connectivity index is 1.59. The van der Waals surface area contributed by atoms with Crippen LogP contribution in [0.5, 0.6) is 5.75 Å². The van der Waals surface area contributed by atoms with E-state index >= 15 is 0 Å². The molecule has 0 aromatic heterocycles. The van der Waals surface area contributed by atoms with Crippen LogP contribution in [0.4, 0.5) is 32.0 Å². The molecule has 3 aromatic rings. The molecule has 3 aromatic carbocycles. The Morgan fingerprint density at radius 1 is 0.891 bits per heavy atom. The molecule has 1 amide bonds. The number of nitrogens with one attached hydrogen (secondary N) is 1. The zero-order valence-corrected chi connectivity index (χ0v) is 25.6. The summed E-state index contributed by atoms with van der Waals surface area (Å²) >= 11 is 0. The lowest BCUT2D eigenvalue weighted by Crippen LogP contribution is -2.45. The van der Waals surface area contributed by atoms with Crippen molar-refractivity contribution in [2.45, 2.75) is 69.1 Å². The van der Waals surface area contributed by atoms with Crippen LogP contribution in [0.2, 0.25) is 0 Å². The molecule has 248 valence electrons. The Labute approximate surface area is 261 Å². The highest BCUT2D eigenvalue weighted by Gasteiger charge is 2.38. The lowest BCUT2D eigenvalue weighted by molar-refractivity contribution is -0.154. The van der Waals surface area contributed by atoms with Gasteiger partial charge in [-0.05, 0) is 74.4 Å². The summed E-state index contributed by atoms with van der Waals surface area (Å²) < 4.78 is 118. The molecule has 0 bridgehead atoms. The van der Waals surface area contributed by atoms with Crippen molar-refractivity contribution in [1.82, 2.24) is 5.32 Å². The van der Waals surface area contributed by atoms with Crippen molar-refractivity contribution in [3.05, 3.63) is 89.0 Å². The molecule has 0 aliphatic carbocycles. The smallest absolute Gasteiger partial charge is 0.416 e. The van der Waals surface area contributed by atoms with E-state index in [1.54, 1.807) is 20.8 Å². The third kappa shape index (κ3) is 8.71. The maximum absolute atomic E-state index is 13.8. The summed E-state index contributed by atoms with van der Waals surface area (Å²) in [4.78, 5) is 24.6. The van der Waals surface area contributed by atoms with Crippen LogP contribution in [0.15, 0.2) is 71.6 Å². The number of hydrogen-bond acceptors (Lipinski definition) is 6. The van der Waals surface area contributed by atoms with E-state index in [9.17, 15) is 44.3 Å². The quantitative estimate of drug-likeness (QED) is 0.224. The molecule has 1 aliphatic rings. The van der Waals surface area contributed by atoms with Crippen molar-refractivity contribution in [3.63, 3.8) is 0 Å². The van der Waals surface area contributed by atoms with Crippen molar-refractivity contribution in [3.8, 4) is 5.75 Å². The van der Waals surface area contributed by atoms with E-state index in [2.05, 4.69) is 5.32 Å². The molecule has 0 fully saturated rings. The summed E-state index contributed by atoms with van der Waals surface area (Å²) in [6.07, 6.45) is -11.1. The van der Waals surface area contributed by atoms with E-state index in [0.29, 0.717) is 17.2 Å². The number of nitrogens with zero attached hydrogens (tertiary/aromatic N) is 1. The molecule has 46 heavy (non-hydrogen) atoms. The van der Waals surface area contributed by atoms with Crippen LogP contribution in [0.3, 0.4) is 0 Å². The standard InChI is InChI=1S/C31H30F6N2O6S/c1-29(2,3)45-28(41)14-20-9-12-26-25(13-20)39(46(42,43)24-6-4-5-22(15-24)31(35,36)37)18-23(44-26)16-27(40)38-17-19-7-10-21(11-8-19)30(32,33)34/h4-13,15,23H,14,16-18H2,1-3H3,(H,38,40)/t23-/m0/s1. The number of carbonyl (C=O) groups excluding carboxylic acids is 2. The van der Waals surface area contributed by atoms with Crippen LogP contribution in [-0.2, 0) is 49.7 Å². The van der Waals surface area contributed by atoms with Gasteiger partial charge in [0.25, 0.3) is 10.0 Å². The minimum Gasteiger partial charge on any atom is -0.486 e. The SMILES string of the molecule is CC(C)(C)OC(=O)Cc1ccc2c(c1)N(S(=O)(=O)c1cccc(C(F)(F)F)c1)C[C@H](CC(=O)NCc1ccc(C(F)(F)F)cc1)O2. The van der Waals surface area contributed by atoms with Gasteiger partial charge >= 0.3 is 18.3 Å². The Kier molecular flexibility index (Phi) is 9.67. The summed E-state index contributed by atoms with van der Waals surface area (Å²) in [6, 6.07) is 11.6. The molecule has 0 unspecified atom stereocenters. The van der Waals surface area contributed by atoms with Crippen molar-refractivity contribution >= 4 is 27.6 Å². The van der Waals surface area contributed by atoms with Crippen LogP contribution >= 0.6 is 0 Å². The first-order valence-corrected chi connectivity index (χ1v) is 15.3. The van der Waals surface area contributed by atoms with Crippen LogP contribution in [0.25, 0.3) is 0 Å². The van der Waals surface area contributed by atoms with Crippen molar-refractivity contribution in [2.75, 3.05) is 10.8 Å². The van der Waals surface area contributed by atoms with E-state index in [1.807, 2.05) is 0 Å². The average molecular weight is 673 g/mol. The molecule has 1 heterocycles. The summed E-state index contributed by atoms with van der Waals surface area (Å²) in [7, 11) is -4.66. The Hall–Kier alpha value is -4.27. The van der Waals surface area contributed by atoms with Crippen LogP contribution in [-0.4, -0.2) is 38.5 Å². The number of benzene rings is 3. The van der Waals surface area contributed by atoms with Gasteiger partial charge in [-0.1, -0.05) is 24.3 Å². The van der Waals surface area contributed by atoms with Crippen molar-refractivity contribution in [2.24, 2.45) is 0 Å². The lowest BCUT2D eigenvalue weighted by Gasteiger charge is -2.35. The highest BCUT2D eigenvalue weighted by molar-refractivity contribution is 7.92. The predicted octanol–water partition coefficient (Wildman–Crippen LogP) is 6.27. The van der Waals surface area contributed by atoms with Gasteiger partial charge in [-0.2, -0.15) is 26.3 Å². The molecule has 1 atom stereocenters. The van der Waals surface area contributed by atoms with Crippen molar-refractivity contribution < 1.29 is 53.8 Å². The van der Waals surface area contributed by atoms with Crippen molar-refractivity contribution in [1.29, 1.82) is 0 Å². The second kappa shape index (κ2) is 12.9. The molecule has 15 heteroatoms. The first-order chi connectivity index (χ1) is 21.2. The maximum Gasteiger partial charge on any atom is 0.416 e. The first-order valence-electron chi connectivity index (χ1n) is 13.9. The van der Waals surface area contributed by atoms with Gasteiger partial charge in [0.2, 0.25) is 5.91 Å². The van der Waals surface area contributed by atoms with E-state index in [0.717, 1.165) is 34.6 Å². The number of amides is 1.